The maximum Gasteiger partial charge on any atom is 0.256 e. The van der Waals surface area contributed by atoms with E-state index in [2.05, 4.69) is 34.4 Å². The molecule has 3 aromatic rings. The molecule has 0 radical (unpaired) electrons. The summed E-state index contributed by atoms with van der Waals surface area (Å²) >= 11 is 0. The second-order valence-electron chi connectivity index (χ2n) is 9.69. The number of fused-ring (bicyclic) bond motifs is 1. The van der Waals surface area contributed by atoms with Crippen LogP contribution in [0.4, 0.5) is 5.69 Å². The van der Waals surface area contributed by atoms with Crippen LogP contribution in [0.1, 0.15) is 57.8 Å². The monoisotopic (exact) mass is 559 g/mol. The van der Waals surface area contributed by atoms with Gasteiger partial charge in [-0.1, -0.05) is 32.0 Å². The Morgan fingerprint density at radius 3 is 2.55 bits per heavy atom. The van der Waals surface area contributed by atoms with E-state index in [4.69, 9.17) is 0 Å². The van der Waals surface area contributed by atoms with E-state index in [0.717, 1.165) is 19.6 Å². The van der Waals surface area contributed by atoms with E-state index >= 15 is 0 Å². The fourth-order valence-corrected chi connectivity index (χ4v) is 6.31. The molecule has 10 heteroatoms. The topological polar surface area (TPSA) is 135 Å². The third kappa shape index (κ3) is 5.86. The summed E-state index contributed by atoms with van der Waals surface area (Å²) in [4.78, 5) is 31.4. The standard InChI is InChI=1S/C30H33N5O4S/c1-5-35(6-2)14-13-32-30(37)28-19(3)27(33-20(28)4)16-25-24-15-23(11-12-26(24)34-29(25)36)40(38,39)18-22-10-8-7-9-21(22)17-31/h7-12,15-16,33H,5-6,13-14,18H2,1-4H3,(H,32,37)(H,34,36). The van der Waals surface area contributed by atoms with Gasteiger partial charge >= 0.3 is 0 Å². The van der Waals surface area contributed by atoms with Gasteiger partial charge in [0.05, 0.1) is 33.4 Å². The Bertz CT molecular complexity index is 1640. The summed E-state index contributed by atoms with van der Waals surface area (Å²) in [5.74, 6) is -0.890. The maximum atomic E-state index is 13.3. The fourth-order valence-electron chi connectivity index (χ4n) is 4.91. The number of carbonyl (C=O) groups excluding carboxylic acids is 2. The molecule has 3 N–H and O–H groups in total. The molecule has 0 bridgehead atoms. The van der Waals surface area contributed by atoms with Crippen LogP contribution in [-0.4, -0.2) is 56.3 Å². The van der Waals surface area contributed by atoms with Gasteiger partial charge in [-0.2, -0.15) is 5.26 Å². The van der Waals surface area contributed by atoms with Crippen LogP contribution in [0.15, 0.2) is 47.4 Å². The van der Waals surface area contributed by atoms with Crippen molar-refractivity contribution in [3.8, 4) is 6.07 Å². The summed E-state index contributed by atoms with van der Waals surface area (Å²) in [5, 5.41) is 15.1. The molecule has 0 saturated heterocycles. The Labute approximate surface area is 234 Å². The Morgan fingerprint density at radius 1 is 1.12 bits per heavy atom. The molecule has 4 rings (SSSR count). The molecule has 9 nitrogen and oxygen atoms in total. The Morgan fingerprint density at radius 2 is 1.85 bits per heavy atom. The van der Waals surface area contributed by atoms with Gasteiger partial charge in [-0.3, -0.25) is 9.59 Å². The number of amides is 2. The lowest BCUT2D eigenvalue weighted by Crippen LogP contribution is -2.35. The number of likely N-dealkylation sites (N-methyl/N-ethyl adjacent to an activating group) is 1. The molecule has 2 amide bonds. The number of nitriles is 1. The van der Waals surface area contributed by atoms with Crippen molar-refractivity contribution in [3.63, 3.8) is 0 Å². The molecule has 2 heterocycles. The molecule has 0 atom stereocenters. The fraction of sp³-hybridized carbons (Fsp3) is 0.300. The number of aryl methyl sites for hydroxylation is 1. The van der Waals surface area contributed by atoms with Crippen molar-refractivity contribution < 1.29 is 18.0 Å². The second-order valence-corrected chi connectivity index (χ2v) is 11.7. The first kappa shape index (κ1) is 28.8. The molecule has 0 unspecified atom stereocenters. The van der Waals surface area contributed by atoms with Crippen molar-refractivity contribution in [3.05, 3.63) is 81.7 Å². The minimum absolute atomic E-state index is 0.0500. The third-order valence-corrected chi connectivity index (χ3v) is 8.88. The number of anilines is 1. The Hall–Kier alpha value is -4.20. The zero-order chi connectivity index (χ0) is 29.0. The van der Waals surface area contributed by atoms with Crippen LogP contribution >= 0.6 is 0 Å². The van der Waals surface area contributed by atoms with E-state index in [0.29, 0.717) is 57.0 Å². The average Bonchev–Trinajstić information content (AvgIpc) is 3.40. The quantitative estimate of drug-likeness (QED) is 0.321. The summed E-state index contributed by atoms with van der Waals surface area (Å²) in [7, 11) is -3.80. The highest BCUT2D eigenvalue weighted by molar-refractivity contribution is 7.90. The molecule has 40 heavy (non-hydrogen) atoms. The number of hydrogen-bond acceptors (Lipinski definition) is 6. The summed E-state index contributed by atoms with van der Waals surface area (Å²) in [6.07, 6.45) is 1.65. The zero-order valence-corrected chi connectivity index (χ0v) is 23.9. The molecule has 0 fully saturated rings. The summed E-state index contributed by atoms with van der Waals surface area (Å²) < 4.78 is 26.5. The SMILES string of the molecule is CCN(CC)CCNC(=O)c1c(C)[nH]c(C=C2C(=O)Nc3ccc(S(=O)(=O)Cc4ccccc4C#N)cc32)c1C. The van der Waals surface area contributed by atoms with Crippen molar-refractivity contribution >= 4 is 39.0 Å². The number of rotatable bonds is 10. The van der Waals surface area contributed by atoms with Crippen molar-refractivity contribution in [2.75, 3.05) is 31.5 Å². The number of aromatic amines is 1. The smallest absolute Gasteiger partial charge is 0.256 e. The van der Waals surface area contributed by atoms with Crippen LogP contribution in [0, 0.1) is 25.2 Å². The van der Waals surface area contributed by atoms with Gasteiger partial charge < -0.3 is 20.5 Å². The first-order chi connectivity index (χ1) is 19.1. The van der Waals surface area contributed by atoms with Crippen LogP contribution in [0.25, 0.3) is 11.6 Å². The van der Waals surface area contributed by atoms with Crippen molar-refractivity contribution in [1.82, 2.24) is 15.2 Å². The van der Waals surface area contributed by atoms with E-state index < -0.39 is 9.84 Å². The molecule has 0 spiro atoms. The molecule has 0 aliphatic carbocycles. The van der Waals surface area contributed by atoms with E-state index in [-0.39, 0.29) is 22.5 Å². The highest BCUT2D eigenvalue weighted by Crippen LogP contribution is 2.36. The third-order valence-electron chi connectivity index (χ3n) is 7.22. The predicted octanol–water partition coefficient (Wildman–Crippen LogP) is 4.04. The van der Waals surface area contributed by atoms with Crippen LogP contribution in [0.5, 0.6) is 0 Å². The number of nitrogens with zero attached hydrogens (tertiary/aromatic N) is 2. The normalized spacial score (nSPS) is 13.8. The van der Waals surface area contributed by atoms with E-state index in [1.807, 2.05) is 13.0 Å². The van der Waals surface area contributed by atoms with Gasteiger partial charge in [0.25, 0.3) is 11.8 Å². The minimum atomic E-state index is -3.80. The molecule has 2 aromatic carbocycles. The lowest BCUT2D eigenvalue weighted by molar-refractivity contribution is -0.110. The van der Waals surface area contributed by atoms with Gasteiger partial charge in [-0.15, -0.1) is 0 Å². The molecule has 208 valence electrons. The van der Waals surface area contributed by atoms with Gasteiger partial charge in [-0.05, 0) is 68.4 Å². The number of aromatic nitrogens is 1. The Kier molecular flexibility index (Phi) is 8.57. The lowest BCUT2D eigenvalue weighted by atomic mass is 10.0. The number of carbonyl (C=O) groups is 2. The molecule has 0 saturated carbocycles. The average molecular weight is 560 g/mol. The van der Waals surface area contributed by atoms with Crippen LogP contribution in [-0.2, 0) is 20.4 Å². The summed E-state index contributed by atoms with van der Waals surface area (Å²) in [5.41, 5.74) is 4.46. The van der Waals surface area contributed by atoms with Crippen LogP contribution < -0.4 is 10.6 Å². The molecular formula is C30H33N5O4S. The van der Waals surface area contributed by atoms with E-state index in [1.165, 1.54) is 12.1 Å². The van der Waals surface area contributed by atoms with Gasteiger partial charge in [-0.25, -0.2) is 8.42 Å². The Balaban J connectivity index is 1.62. The first-order valence-corrected chi connectivity index (χ1v) is 14.8. The lowest BCUT2D eigenvalue weighted by Gasteiger charge is -2.18. The van der Waals surface area contributed by atoms with E-state index in [9.17, 15) is 23.3 Å². The number of benzene rings is 2. The van der Waals surface area contributed by atoms with Crippen molar-refractivity contribution in [2.45, 2.75) is 38.3 Å². The van der Waals surface area contributed by atoms with Gasteiger partial charge in [0.15, 0.2) is 9.84 Å². The predicted molar refractivity (Wildman–Crippen MR) is 155 cm³/mol. The number of nitrogens with one attached hydrogen (secondary N) is 3. The second kappa shape index (κ2) is 11.9. The number of sulfone groups is 1. The summed E-state index contributed by atoms with van der Waals surface area (Å²) in [6, 6.07) is 13.1. The highest BCUT2D eigenvalue weighted by atomic mass is 32.2. The van der Waals surface area contributed by atoms with Crippen molar-refractivity contribution in [2.24, 2.45) is 0 Å². The molecule has 1 aliphatic heterocycles. The molecule has 1 aromatic heterocycles. The number of hydrogen-bond donors (Lipinski definition) is 3. The van der Waals surface area contributed by atoms with E-state index in [1.54, 1.807) is 43.3 Å². The summed E-state index contributed by atoms with van der Waals surface area (Å²) in [6.45, 7) is 10.9. The molecular weight excluding hydrogens is 526 g/mol. The maximum absolute atomic E-state index is 13.3. The largest absolute Gasteiger partial charge is 0.358 e. The highest BCUT2D eigenvalue weighted by Gasteiger charge is 2.28. The minimum Gasteiger partial charge on any atom is -0.358 e. The van der Waals surface area contributed by atoms with Gasteiger partial charge in [0.1, 0.15) is 0 Å². The van der Waals surface area contributed by atoms with Gasteiger partial charge in [0, 0.05) is 35.7 Å². The first-order valence-electron chi connectivity index (χ1n) is 13.2. The van der Waals surface area contributed by atoms with Crippen LogP contribution in [0.3, 0.4) is 0 Å². The van der Waals surface area contributed by atoms with Crippen LogP contribution in [0.2, 0.25) is 0 Å². The van der Waals surface area contributed by atoms with Gasteiger partial charge in [0.2, 0.25) is 0 Å². The number of H-pyrrole nitrogens is 1. The van der Waals surface area contributed by atoms with Crippen molar-refractivity contribution in [1.29, 1.82) is 5.26 Å². The molecule has 1 aliphatic rings. The zero-order valence-electron chi connectivity index (χ0n) is 23.1.